The predicted octanol–water partition coefficient (Wildman–Crippen LogP) is 2.30. The third-order valence-corrected chi connectivity index (χ3v) is 2.64. The van der Waals surface area contributed by atoms with E-state index in [-0.39, 0.29) is 11.7 Å². The van der Waals surface area contributed by atoms with Gasteiger partial charge in [0.15, 0.2) is 5.78 Å². The van der Waals surface area contributed by atoms with Crippen molar-refractivity contribution < 1.29 is 14.3 Å². The summed E-state index contributed by atoms with van der Waals surface area (Å²) in [5, 5.41) is 0. The molecule has 0 saturated heterocycles. The van der Waals surface area contributed by atoms with E-state index in [0.29, 0.717) is 13.2 Å². The van der Waals surface area contributed by atoms with Crippen molar-refractivity contribution in [2.24, 2.45) is 5.92 Å². The summed E-state index contributed by atoms with van der Waals surface area (Å²) in [5.41, 5.74) is 0.793. The number of benzene rings is 1. The molecule has 0 spiro atoms. The maximum Gasteiger partial charge on any atom is 0.165 e. The lowest BCUT2D eigenvalue weighted by Crippen LogP contribution is -2.05. The topological polar surface area (TPSA) is 35.5 Å². The molecule has 0 unspecified atom stereocenters. The predicted molar refractivity (Wildman–Crippen MR) is 60.9 cm³/mol. The molecule has 86 valence electrons. The summed E-state index contributed by atoms with van der Waals surface area (Å²) in [5.74, 6) is 1.33. The lowest BCUT2D eigenvalue weighted by molar-refractivity contribution is 0.0967. The van der Waals surface area contributed by atoms with Crippen molar-refractivity contribution in [1.82, 2.24) is 0 Å². The van der Waals surface area contributed by atoms with Crippen LogP contribution in [-0.4, -0.2) is 26.1 Å². The first-order chi connectivity index (χ1) is 7.81. The van der Waals surface area contributed by atoms with E-state index in [1.165, 1.54) is 0 Å². The van der Waals surface area contributed by atoms with Gasteiger partial charge in [0.2, 0.25) is 0 Å². The van der Waals surface area contributed by atoms with Crippen LogP contribution in [-0.2, 0) is 4.74 Å². The summed E-state index contributed by atoms with van der Waals surface area (Å²) in [7, 11) is 1.64. The Hall–Kier alpha value is -1.35. The summed E-state index contributed by atoms with van der Waals surface area (Å²) >= 11 is 0. The second-order valence-electron chi connectivity index (χ2n) is 4.00. The molecule has 0 bridgehead atoms. The monoisotopic (exact) mass is 220 g/mol. The maximum absolute atomic E-state index is 11.7. The standard InChI is InChI=1S/C13H16O3/c1-15-8-9-16-12-6-4-11(5-7-12)13(14)10-2-3-10/h4-7,10H,2-3,8-9H2,1H3. The van der Waals surface area contributed by atoms with E-state index in [4.69, 9.17) is 9.47 Å². The molecule has 1 aliphatic carbocycles. The fourth-order valence-corrected chi connectivity index (χ4v) is 1.54. The maximum atomic E-state index is 11.7. The first-order valence-corrected chi connectivity index (χ1v) is 5.57. The van der Waals surface area contributed by atoms with Crippen molar-refractivity contribution in [3.63, 3.8) is 0 Å². The Labute approximate surface area is 95.4 Å². The lowest BCUT2D eigenvalue weighted by Gasteiger charge is -2.05. The number of hydrogen-bond donors (Lipinski definition) is 0. The highest BCUT2D eigenvalue weighted by Gasteiger charge is 2.30. The summed E-state index contributed by atoms with van der Waals surface area (Å²) in [6.07, 6.45) is 2.09. The highest BCUT2D eigenvalue weighted by atomic mass is 16.5. The number of rotatable bonds is 6. The number of carbonyl (C=O) groups excluding carboxylic acids is 1. The van der Waals surface area contributed by atoms with Crippen LogP contribution in [0.4, 0.5) is 0 Å². The van der Waals surface area contributed by atoms with Crippen LogP contribution in [0.5, 0.6) is 5.75 Å². The van der Waals surface area contributed by atoms with Gasteiger partial charge in [-0.05, 0) is 37.1 Å². The molecule has 0 heterocycles. The minimum Gasteiger partial charge on any atom is -0.491 e. The number of methoxy groups -OCH3 is 1. The number of ketones is 1. The van der Waals surface area contributed by atoms with Crippen LogP contribution in [0, 0.1) is 5.92 Å². The first-order valence-electron chi connectivity index (χ1n) is 5.57. The molecular formula is C13H16O3. The lowest BCUT2D eigenvalue weighted by atomic mass is 10.1. The van der Waals surface area contributed by atoms with Gasteiger partial charge >= 0.3 is 0 Å². The summed E-state index contributed by atoms with van der Waals surface area (Å²) in [6, 6.07) is 7.35. The molecule has 0 N–H and O–H groups in total. The highest BCUT2D eigenvalue weighted by molar-refractivity contribution is 5.99. The third kappa shape index (κ3) is 2.83. The molecule has 1 aliphatic rings. The van der Waals surface area contributed by atoms with E-state index >= 15 is 0 Å². The Kier molecular flexibility index (Phi) is 3.57. The molecule has 1 fully saturated rings. The molecule has 0 atom stereocenters. The molecule has 0 amide bonds. The highest BCUT2D eigenvalue weighted by Crippen LogP contribution is 2.32. The van der Waals surface area contributed by atoms with E-state index in [2.05, 4.69) is 0 Å². The van der Waals surface area contributed by atoms with E-state index in [1.54, 1.807) is 7.11 Å². The molecule has 1 aromatic rings. The second-order valence-corrected chi connectivity index (χ2v) is 4.00. The molecular weight excluding hydrogens is 204 g/mol. The average molecular weight is 220 g/mol. The third-order valence-electron chi connectivity index (χ3n) is 2.64. The van der Waals surface area contributed by atoms with Crippen LogP contribution in [0.1, 0.15) is 23.2 Å². The van der Waals surface area contributed by atoms with Gasteiger partial charge in [0, 0.05) is 18.6 Å². The fraction of sp³-hybridized carbons (Fsp3) is 0.462. The van der Waals surface area contributed by atoms with Crippen molar-refractivity contribution in [2.45, 2.75) is 12.8 Å². The van der Waals surface area contributed by atoms with Crippen molar-refractivity contribution in [3.05, 3.63) is 29.8 Å². The van der Waals surface area contributed by atoms with Crippen molar-refractivity contribution in [1.29, 1.82) is 0 Å². The summed E-state index contributed by atoms with van der Waals surface area (Å²) in [4.78, 5) is 11.7. The van der Waals surface area contributed by atoms with Crippen LogP contribution in [0.3, 0.4) is 0 Å². The summed E-state index contributed by atoms with van der Waals surface area (Å²) in [6.45, 7) is 1.11. The van der Waals surface area contributed by atoms with Gasteiger partial charge in [-0.1, -0.05) is 0 Å². The molecule has 3 heteroatoms. The smallest absolute Gasteiger partial charge is 0.165 e. The van der Waals surface area contributed by atoms with E-state index in [1.807, 2.05) is 24.3 Å². The van der Waals surface area contributed by atoms with Gasteiger partial charge in [-0.3, -0.25) is 4.79 Å². The minimum atomic E-state index is 0.267. The van der Waals surface area contributed by atoms with Crippen molar-refractivity contribution in [2.75, 3.05) is 20.3 Å². The minimum absolute atomic E-state index is 0.267. The van der Waals surface area contributed by atoms with Crippen LogP contribution in [0.15, 0.2) is 24.3 Å². The zero-order valence-electron chi connectivity index (χ0n) is 9.44. The Morgan fingerprint density at radius 3 is 2.50 bits per heavy atom. The SMILES string of the molecule is COCCOc1ccc(C(=O)C2CC2)cc1. The van der Waals surface area contributed by atoms with Gasteiger partial charge in [0.1, 0.15) is 12.4 Å². The molecule has 0 aromatic heterocycles. The molecule has 0 radical (unpaired) electrons. The molecule has 1 aromatic carbocycles. The van der Waals surface area contributed by atoms with Crippen LogP contribution in [0.25, 0.3) is 0 Å². The quantitative estimate of drug-likeness (QED) is 0.545. The van der Waals surface area contributed by atoms with E-state index < -0.39 is 0 Å². The summed E-state index contributed by atoms with van der Waals surface area (Å²) < 4.78 is 10.3. The van der Waals surface area contributed by atoms with Crippen molar-refractivity contribution >= 4 is 5.78 Å². The first kappa shape index (κ1) is 11.1. The van der Waals surface area contributed by atoms with Crippen LogP contribution in [0.2, 0.25) is 0 Å². The number of ether oxygens (including phenoxy) is 2. The number of carbonyl (C=O) groups is 1. The Balaban J connectivity index is 1.90. The average Bonchev–Trinajstić information content (AvgIpc) is 3.13. The molecule has 1 saturated carbocycles. The van der Waals surface area contributed by atoms with Gasteiger partial charge < -0.3 is 9.47 Å². The Morgan fingerprint density at radius 2 is 1.94 bits per heavy atom. The largest absolute Gasteiger partial charge is 0.491 e. The molecule has 2 rings (SSSR count). The number of Topliss-reactive ketones (excluding diaryl/α,β-unsaturated/α-hetero) is 1. The zero-order chi connectivity index (χ0) is 11.4. The Bertz CT molecular complexity index is 352. The van der Waals surface area contributed by atoms with Gasteiger partial charge in [-0.2, -0.15) is 0 Å². The van der Waals surface area contributed by atoms with E-state index in [9.17, 15) is 4.79 Å². The molecule has 0 aliphatic heterocycles. The number of hydrogen-bond acceptors (Lipinski definition) is 3. The van der Waals surface area contributed by atoms with E-state index in [0.717, 1.165) is 24.2 Å². The van der Waals surface area contributed by atoms with Gasteiger partial charge in [-0.15, -0.1) is 0 Å². The van der Waals surface area contributed by atoms with Crippen molar-refractivity contribution in [3.8, 4) is 5.75 Å². The Morgan fingerprint density at radius 1 is 1.25 bits per heavy atom. The molecule has 16 heavy (non-hydrogen) atoms. The second kappa shape index (κ2) is 5.12. The van der Waals surface area contributed by atoms with Crippen LogP contribution < -0.4 is 4.74 Å². The fourth-order valence-electron chi connectivity index (χ4n) is 1.54. The van der Waals surface area contributed by atoms with Crippen LogP contribution >= 0.6 is 0 Å². The normalized spacial score (nSPS) is 14.8. The van der Waals surface area contributed by atoms with Gasteiger partial charge in [-0.25, -0.2) is 0 Å². The van der Waals surface area contributed by atoms with Gasteiger partial charge in [0.05, 0.1) is 6.61 Å². The molecule has 3 nitrogen and oxygen atoms in total. The zero-order valence-corrected chi connectivity index (χ0v) is 9.44. The van der Waals surface area contributed by atoms with Gasteiger partial charge in [0.25, 0.3) is 0 Å².